The molecule has 0 aliphatic heterocycles. The third-order valence-electron chi connectivity index (χ3n) is 3.86. The van der Waals surface area contributed by atoms with Gasteiger partial charge in [0, 0.05) is 12.3 Å². The summed E-state index contributed by atoms with van der Waals surface area (Å²) in [6.45, 7) is -0.563. The molecule has 1 aliphatic carbocycles. The van der Waals surface area contributed by atoms with Crippen LogP contribution in [0.25, 0.3) is 0 Å². The second kappa shape index (κ2) is 6.12. The highest BCUT2D eigenvalue weighted by molar-refractivity contribution is 5.21. The average Bonchev–Trinajstić information content (AvgIpc) is 2.39. The SMILES string of the molecule is CCC1CCC(c2ccc(OC(F)F)nc2)CC1. The fourth-order valence-electron chi connectivity index (χ4n) is 2.70. The van der Waals surface area contributed by atoms with Crippen LogP contribution in [0.4, 0.5) is 8.78 Å². The van der Waals surface area contributed by atoms with Crippen molar-refractivity contribution in [2.75, 3.05) is 0 Å². The van der Waals surface area contributed by atoms with Gasteiger partial charge in [-0.05, 0) is 43.1 Å². The van der Waals surface area contributed by atoms with Crippen molar-refractivity contribution in [3.63, 3.8) is 0 Å². The predicted octanol–water partition coefficient (Wildman–Crippen LogP) is 4.37. The first-order valence-electron chi connectivity index (χ1n) is 6.59. The van der Waals surface area contributed by atoms with Crippen LogP contribution in [0.15, 0.2) is 18.3 Å². The Kier molecular flexibility index (Phi) is 4.50. The highest BCUT2D eigenvalue weighted by Gasteiger charge is 2.21. The maximum Gasteiger partial charge on any atom is 0.388 e. The first-order valence-corrected chi connectivity index (χ1v) is 6.59. The average molecular weight is 255 g/mol. The van der Waals surface area contributed by atoms with Crippen LogP contribution in [0.3, 0.4) is 0 Å². The maximum absolute atomic E-state index is 12.0. The summed E-state index contributed by atoms with van der Waals surface area (Å²) in [5.74, 6) is 1.38. The number of rotatable bonds is 4. The number of pyridine rings is 1. The van der Waals surface area contributed by atoms with Crippen molar-refractivity contribution in [3.05, 3.63) is 23.9 Å². The minimum Gasteiger partial charge on any atom is -0.417 e. The maximum atomic E-state index is 12.0. The van der Waals surface area contributed by atoms with E-state index < -0.39 is 6.61 Å². The molecule has 0 amide bonds. The third kappa shape index (κ3) is 3.40. The molecule has 1 saturated carbocycles. The zero-order valence-electron chi connectivity index (χ0n) is 10.6. The number of ether oxygens (including phenoxy) is 1. The van der Waals surface area contributed by atoms with Gasteiger partial charge in [0.15, 0.2) is 0 Å². The summed E-state index contributed by atoms with van der Waals surface area (Å²) in [6.07, 6.45) is 7.80. The van der Waals surface area contributed by atoms with Crippen molar-refractivity contribution in [3.8, 4) is 5.88 Å². The predicted molar refractivity (Wildman–Crippen MR) is 65.9 cm³/mol. The van der Waals surface area contributed by atoms with Crippen LogP contribution in [-0.2, 0) is 0 Å². The molecule has 100 valence electrons. The van der Waals surface area contributed by atoms with Crippen molar-refractivity contribution < 1.29 is 13.5 Å². The lowest BCUT2D eigenvalue weighted by Gasteiger charge is -2.27. The Morgan fingerprint density at radius 2 is 2.00 bits per heavy atom. The normalized spacial score (nSPS) is 24.2. The van der Waals surface area contributed by atoms with E-state index in [0.717, 1.165) is 11.5 Å². The molecule has 0 saturated heterocycles. The summed E-state index contributed by atoms with van der Waals surface area (Å²) in [6, 6.07) is 3.40. The Morgan fingerprint density at radius 1 is 1.28 bits per heavy atom. The Labute approximate surface area is 106 Å². The van der Waals surface area contributed by atoms with Gasteiger partial charge >= 0.3 is 6.61 Å². The molecule has 1 fully saturated rings. The molecule has 2 nitrogen and oxygen atoms in total. The summed E-state index contributed by atoms with van der Waals surface area (Å²) < 4.78 is 28.2. The van der Waals surface area contributed by atoms with Gasteiger partial charge in [0.2, 0.25) is 5.88 Å². The molecule has 1 aliphatic rings. The van der Waals surface area contributed by atoms with Gasteiger partial charge in [0.25, 0.3) is 0 Å². The molecule has 1 aromatic heterocycles. The van der Waals surface area contributed by atoms with E-state index in [0.29, 0.717) is 5.92 Å². The van der Waals surface area contributed by atoms with E-state index in [4.69, 9.17) is 0 Å². The summed E-state index contributed by atoms with van der Waals surface area (Å²) >= 11 is 0. The first-order chi connectivity index (χ1) is 8.69. The van der Waals surface area contributed by atoms with E-state index in [-0.39, 0.29) is 5.88 Å². The lowest BCUT2D eigenvalue weighted by Crippen LogP contribution is -2.13. The Bertz CT molecular complexity index is 359. The molecule has 0 unspecified atom stereocenters. The van der Waals surface area contributed by atoms with E-state index in [1.54, 1.807) is 6.20 Å². The number of halogens is 2. The number of alkyl halides is 2. The molecule has 0 N–H and O–H groups in total. The van der Waals surface area contributed by atoms with Gasteiger partial charge in [0.05, 0.1) is 0 Å². The van der Waals surface area contributed by atoms with Crippen LogP contribution >= 0.6 is 0 Å². The highest BCUT2D eigenvalue weighted by atomic mass is 19.3. The molecule has 1 aromatic rings. The number of aromatic nitrogens is 1. The molecular weight excluding hydrogens is 236 g/mol. The number of nitrogens with zero attached hydrogens (tertiary/aromatic N) is 1. The van der Waals surface area contributed by atoms with E-state index in [1.165, 1.54) is 38.2 Å². The standard InChI is InChI=1S/C14H19F2NO/c1-2-10-3-5-11(6-4-10)12-7-8-13(17-9-12)18-14(15)16/h7-11,14H,2-6H2,1H3. The zero-order chi connectivity index (χ0) is 13.0. The van der Waals surface area contributed by atoms with Gasteiger partial charge in [-0.2, -0.15) is 8.78 Å². The zero-order valence-corrected chi connectivity index (χ0v) is 10.6. The van der Waals surface area contributed by atoms with Crippen molar-refractivity contribution in [1.29, 1.82) is 0 Å². The molecule has 0 bridgehead atoms. The van der Waals surface area contributed by atoms with Gasteiger partial charge in [-0.3, -0.25) is 0 Å². The monoisotopic (exact) mass is 255 g/mol. The van der Waals surface area contributed by atoms with Gasteiger partial charge in [-0.1, -0.05) is 19.4 Å². The second-order valence-corrected chi connectivity index (χ2v) is 4.93. The third-order valence-corrected chi connectivity index (χ3v) is 3.86. The van der Waals surface area contributed by atoms with Gasteiger partial charge in [0.1, 0.15) is 0 Å². The van der Waals surface area contributed by atoms with Gasteiger partial charge in [-0.15, -0.1) is 0 Å². The van der Waals surface area contributed by atoms with E-state index in [2.05, 4.69) is 16.6 Å². The van der Waals surface area contributed by atoms with Crippen LogP contribution in [-0.4, -0.2) is 11.6 Å². The second-order valence-electron chi connectivity index (χ2n) is 4.93. The summed E-state index contributed by atoms with van der Waals surface area (Å²) in [7, 11) is 0. The Hall–Kier alpha value is -1.19. The summed E-state index contributed by atoms with van der Waals surface area (Å²) in [4.78, 5) is 3.93. The molecule has 2 rings (SSSR count). The van der Waals surface area contributed by atoms with E-state index in [9.17, 15) is 8.78 Å². The molecule has 4 heteroatoms. The molecule has 0 atom stereocenters. The van der Waals surface area contributed by atoms with Crippen LogP contribution in [0.1, 0.15) is 50.5 Å². The summed E-state index contributed by atoms with van der Waals surface area (Å²) in [5.41, 5.74) is 1.14. The Morgan fingerprint density at radius 3 is 2.50 bits per heavy atom. The smallest absolute Gasteiger partial charge is 0.388 e. The van der Waals surface area contributed by atoms with E-state index in [1.807, 2.05) is 6.07 Å². The fourth-order valence-corrected chi connectivity index (χ4v) is 2.70. The van der Waals surface area contributed by atoms with Crippen molar-refractivity contribution in [1.82, 2.24) is 4.98 Å². The first kappa shape index (κ1) is 13.2. The summed E-state index contributed by atoms with van der Waals surface area (Å²) in [5, 5.41) is 0. The van der Waals surface area contributed by atoms with Crippen LogP contribution in [0, 0.1) is 5.92 Å². The van der Waals surface area contributed by atoms with Crippen molar-refractivity contribution in [2.45, 2.75) is 51.6 Å². The van der Waals surface area contributed by atoms with Crippen molar-refractivity contribution in [2.24, 2.45) is 5.92 Å². The number of hydrogen-bond acceptors (Lipinski definition) is 2. The molecule has 1 heterocycles. The van der Waals surface area contributed by atoms with Gasteiger partial charge in [-0.25, -0.2) is 4.98 Å². The lowest BCUT2D eigenvalue weighted by molar-refractivity contribution is -0.0528. The van der Waals surface area contributed by atoms with Gasteiger partial charge < -0.3 is 4.74 Å². The fraction of sp³-hybridized carbons (Fsp3) is 0.643. The van der Waals surface area contributed by atoms with Crippen molar-refractivity contribution >= 4 is 0 Å². The topological polar surface area (TPSA) is 22.1 Å². The lowest BCUT2D eigenvalue weighted by atomic mass is 9.78. The van der Waals surface area contributed by atoms with E-state index >= 15 is 0 Å². The molecular formula is C14H19F2NO. The minimum atomic E-state index is -2.80. The molecule has 18 heavy (non-hydrogen) atoms. The minimum absolute atomic E-state index is 0.00371. The van der Waals surface area contributed by atoms with Crippen LogP contribution < -0.4 is 4.74 Å². The molecule has 0 spiro atoms. The Balaban J connectivity index is 1.93. The highest BCUT2D eigenvalue weighted by Crippen LogP contribution is 2.36. The number of hydrogen-bond donors (Lipinski definition) is 0. The quantitative estimate of drug-likeness (QED) is 0.797. The van der Waals surface area contributed by atoms with Crippen LogP contribution in [0.5, 0.6) is 5.88 Å². The van der Waals surface area contributed by atoms with Crippen LogP contribution in [0.2, 0.25) is 0 Å². The largest absolute Gasteiger partial charge is 0.417 e. The molecule has 0 aromatic carbocycles. The molecule has 0 radical (unpaired) electrons.